The Morgan fingerprint density at radius 2 is 1.83 bits per heavy atom. The molecule has 0 fully saturated rings. The standard InChI is InChI=1S/C16H12Cl2N2OS.C3H5NO3/c17-13-14-12(22-15(13)18)7-11(20-14)16(21)19-10-5-8-3-1-2-4-9(8)6-10;4-2(5)1-3(6)7/h1-4,7,10,20H,5-6H2,(H,19,21);1H2,(H2,4,5)(H,6,7). The molecule has 0 saturated heterocycles. The molecule has 5 N–H and O–H groups in total. The van der Waals surface area contributed by atoms with Crippen LogP contribution in [0.4, 0.5) is 0 Å². The smallest absolute Gasteiger partial charge is 0.312 e. The summed E-state index contributed by atoms with van der Waals surface area (Å²) in [7, 11) is 0. The third kappa shape index (κ3) is 5.09. The minimum absolute atomic E-state index is 0.103. The Morgan fingerprint density at radius 3 is 2.31 bits per heavy atom. The number of halogens is 2. The number of rotatable bonds is 4. The van der Waals surface area contributed by atoms with Gasteiger partial charge in [-0.05, 0) is 30.0 Å². The fourth-order valence-corrected chi connectivity index (χ4v) is 4.60. The second-order valence-corrected chi connectivity index (χ2v) is 8.53. The molecule has 0 saturated carbocycles. The number of aromatic amines is 1. The van der Waals surface area contributed by atoms with Crippen LogP contribution in [0.3, 0.4) is 0 Å². The van der Waals surface area contributed by atoms with Gasteiger partial charge in [0.1, 0.15) is 16.5 Å². The first-order chi connectivity index (χ1) is 13.7. The number of thiophene rings is 1. The topological polar surface area (TPSA) is 125 Å². The van der Waals surface area contributed by atoms with E-state index in [-0.39, 0.29) is 11.9 Å². The number of primary amides is 1. The van der Waals surface area contributed by atoms with Crippen molar-refractivity contribution in [3.05, 3.63) is 56.5 Å². The molecule has 29 heavy (non-hydrogen) atoms. The number of nitrogens with one attached hydrogen (secondary N) is 2. The van der Waals surface area contributed by atoms with Crippen molar-refractivity contribution in [3.63, 3.8) is 0 Å². The third-order valence-corrected chi connectivity index (χ3v) is 6.26. The molecule has 1 aromatic carbocycles. The summed E-state index contributed by atoms with van der Waals surface area (Å²) >= 11 is 13.5. The molecule has 0 aliphatic heterocycles. The zero-order valence-corrected chi connectivity index (χ0v) is 17.3. The number of carboxylic acid groups (broad SMARTS) is 1. The van der Waals surface area contributed by atoms with Gasteiger partial charge in [0.2, 0.25) is 5.91 Å². The molecule has 2 aromatic heterocycles. The van der Waals surface area contributed by atoms with Crippen molar-refractivity contribution in [2.24, 2.45) is 5.73 Å². The lowest BCUT2D eigenvalue weighted by molar-refractivity contribution is -0.139. The van der Waals surface area contributed by atoms with Crippen LogP contribution in [0.5, 0.6) is 0 Å². The maximum atomic E-state index is 12.4. The van der Waals surface area contributed by atoms with E-state index >= 15 is 0 Å². The fourth-order valence-electron chi connectivity index (χ4n) is 3.11. The number of fused-ring (bicyclic) bond motifs is 2. The molecule has 0 atom stereocenters. The van der Waals surface area contributed by atoms with Crippen LogP contribution in [0, 0.1) is 0 Å². The number of aromatic nitrogens is 1. The van der Waals surface area contributed by atoms with Gasteiger partial charge in [0.05, 0.1) is 15.2 Å². The summed E-state index contributed by atoms with van der Waals surface area (Å²) in [6, 6.07) is 10.3. The zero-order valence-electron chi connectivity index (χ0n) is 15.0. The monoisotopic (exact) mass is 453 g/mol. The van der Waals surface area contributed by atoms with Crippen LogP contribution >= 0.6 is 34.5 Å². The first-order valence-electron chi connectivity index (χ1n) is 8.58. The summed E-state index contributed by atoms with van der Waals surface area (Å²) in [6.07, 6.45) is 1.17. The van der Waals surface area contributed by atoms with E-state index in [4.69, 9.17) is 28.3 Å². The Labute approximate surface area is 179 Å². The van der Waals surface area contributed by atoms with Crippen LogP contribution in [0.25, 0.3) is 10.2 Å². The SMILES string of the molecule is NC(=O)CC(=O)O.O=C(NC1Cc2ccccc2C1)c1cc2sc(Cl)c(Cl)c2[nH]1. The highest BCUT2D eigenvalue weighted by Gasteiger charge is 2.24. The summed E-state index contributed by atoms with van der Waals surface area (Å²) in [6.45, 7) is 0. The van der Waals surface area contributed by atoms with Gasteiger partial charge in [-0.1, -0.05) is 47.5 Å². The molecule has 0 bridgehead atoms. The largest absolute Gasteiger partial charge is 0.481 e. The first kappa shape index (κ1) is 21.2. The molecule has 1 aliphatic carbocycles. The Hall–Kier alpha value is -2.55. The molecular weight excluding hydrogens is 437 g/mol. The van der Waals surface area contributed by atoms with Crippen molar-refractivity contribution in [2.75, 3.05) is 0 Å². The highest BCUT2D eigenvalue weighted by molar-refractivity contribution is 7.23. The second-order valence-electron chi connectivity index (χ2n) is 6.50. The van der Waals surface area contributed by atoms with Crippen molar-refractivity contribution in [1.29, 1.82) is 0 Å². The summed E-state index contributed by atoms with van der Waals surface area (Å²) < 4.78 is 1.44. The van der Waals surface area contributed by atoms with Crippen LogP contribution in [-0.4, -0.2) is 33.9 Å². The molecule has 4 rings (SSSR count). The van der Waals surface area contributed by atoms with E-state index in [9.17, 15) is 14.4 Å². The Morgan fingerprint density at radius 1 is 1.21 bits per heavy atom. The van der Waals surface area contributed by atoms with Gasteiger partial charge in [-0.15, -0.1) is 11.3 Å². The third-order valence-electron chi connectivity index (χ3n) is 4.33. The number of hydrogen-bond donors (Lipinski definition) is 4. The molecule has 0 spiro atoms. The minimum Gasteiger partial charge on any atom is -0.481 e. The lowest BCUT2D eigenvalue weighted by atomic mass is 10.1. The molecule has 3 aromatic rings. The van der Waals surface area contributed by atoms with Gasteiger partial charge in [0, 0.05) is 6.04 Å². The van der Waals surface area contributed by atoms with E-state index in [1.165, 1.54) is 22.5 Å². The molecule has 1 aliphatic rings. The lowest BCUT2D eigenvalue weighted by Gasteiger charge is -2.10. The van der Waals surface area contributed by atoms with Gasteiger partial charge in [-0.25, -0.2) is 0 Å². The van der Waals surface area contributed by atoms with Gasteiger partial charge < -0.3 is 21.1 Å². The van der Waals surface area contributed by atoms with E-state index < -0.39 is 18.3 Å². The molecule has 7 nitrogen and oxygen atoms in total. The van der Waals surface area contributed by atoms with Crippen LogP contribution < -0.4 is 11.1 Å². The van der Waals surface area contributed by atoms with Crippen LogP contribution in [0.2, 0.25) is 9.36 Å². The Bertz CT molecular complexity index is 1060. The van der Waals surface area contributed by atoms with Crippen molar-refractivity contribution in [3.8, 4) is 0 Å². The molecule has 2 heterocycles. The number of carboxylic acids is 1. The summed E-state index contributed by atoms with van der Waals surface area (Å²) in [5, 5.41) is 11.3. The summed E-state index contributed by atoms with van der Waals surface area (Å²) in [4.78, 5) is 34.6. The Balaban J connectivity index is 0.000000298. The lowest BCUT2D eigenvalue weighted by Crippen LogP contribution is -2.35. The van der Waals surface area contributed by atoms with E-state index in [2.05, 4.69) is 28.2 Å². The van der Waals surface area contributed by atoms with Gasteiger partial charge in [0.15, 0.2) is 0 Å². The van der Waals surface area contributed by atoms with Crippen molar-refractivity contribution in [2.45, 2.75) is 25.3 Å². The maximum Gasteiger partial charge on any atom is 0.312 e. The fraction of sp³-hybridized carbons (Fsp3) is 0.211. The number of hydrogen-bond acceptors (Lipinski definition) is 4. The van der Waals surface area contributed by atoms with E-state index in [0.717, 1.165) is 23.1 Å². The van der Waals surface area contributed by atoms with Crippen LogP contribution in [-0.2, 0) is 22.4 Å². The van der Waals surface area contributed by atoms with E-state index in [1.54, 1.807) is 6.07 Å². The number of carbonyl (C=O) groups excluding carboxylic acids is 2. The average Bonchev–Trinajstić information content (AvgIpc) is 3.29. The highest BCUT2D eigenvalue weighted by Crippen LogP contribution is 2.38. The molecule has 0 radical (unpaired) electrons. The van der Waals surface area contributed by atoms with Gasteiger partial charge in [0.25, 0.3) is 5.91 Å². The minimum atomic E-state index is -1.19. The normalized spacial score (nSPS) is 12.9. The number of amides is 2. The van der Waals surface area contributed by atoms with Crippen molar-refractivity contribution >= 4 is 62.5 Å². The van der Waals surface area contributed by atoms with E-state index in [1.807, 2.05) is 12.1 Å². The summed E-state index contributed by atoms with van der Waals surface area (Å²) in [5.41, 5.74) is 8.36. The second kappa shape index (κ2) is 8.86. The maximum absolute atomic E-state index is 12.4. The zero-order chi connectivity index (χ0) is 21.1. The average molecular weight is 454 g/mol. The van der Waals surface area contributed by atoms with Crippen LogP contribution in [0.1, 0.15) is 28.0 Å². The quantitative estimate of drug-likeness (QED) is 0.451. The number of nitrogens with two attached hydrogens (primary N) is 1. The molecule has 2 amide bonds. The number of H-pyrrole nitrogens is 1. The predicted molar refractivity (Wildman–Crippen MR) is 113 cm³/mol. The highest BCUT2D eigenvalue weighted by atomic mass is 35.5. The molecular formula is C19H17Cl2N3O4S. The van der Waals surface area contributed by atoms with Crippen LogP contribution in [0.15, 0.2) is 30.3 Å². The summed E-state index contributed by atoms with van der Waals surface area (Å²) in [5.74, 6) is -2.10. The number of benzene rings is 1. The predicted octanol–water partition coefficient (Wildman–Crippen LogP) is 3.38. The molecule has 0 unspecified atom stereocenters. The molecule has 152 valence electrons. The van der Waals surface area contributed by atoms with Crippen molar-refractivity contribution in [1.82, 2.24) is 10.3 Å². The Kier molecular flexibility index (Phi) is 6.46. The van der Waals surface area contributed by atoms with Gasteiger partial charge in [-0.2, -0.15) is 0 Å². The molecule has 10 heteroatoms. The van der Waals surface area contributed by atoms with Gasteiger partial charge in [-0.3, -0.25) is 14.4 Å². The number of aliphatic carboxylic acids is 1. The van der Waals surface area contributed by atoms with Crippen molar-refractivity contribution < 1.29 is 19.5 Å². The number of carbonyl (C=O) groups is 3. The van der Waals surface area contributed by atoms with Gasteiger partial charge >= 0.3 is 5.97 Å². The van der Waals surface area contributed by atoms with E-state index in [0.29, 0.717) is 15.1 Å². The first-order valence-corrected chi connectivity index (χ1v) is 10.2.